The van der Waals surface area contributed by atoms with Gasteiger partial charge in [0.1, 0.15) is 0 Å². The van der Waals surface area contributed by atoms with E-state index in [9.17, 15) is 0 Å². The Bertz CT molecular complexity index is 494. The fourth-order valence-corrected chi connectivity index (χ4v) is 1.98. The van der Waals surface area contributed by atoms with Crippen molar-refractivity contribution in [3.05, 3.63) is 23.9 Å². The van der Waals surface area contributed by atoms with E-state index >= 15 is 0 Å². The van der Waals surface area contributed by atoms with E-state index in [0.717, 1.165) is 11.1 Å². The second-order valence-electron chi connectivity index (χ2n) is 4.08. The van der Waals surface area contributed by atoms with Gasteiger partial charge < -0.3 is 5.73 Å². The van der Waals surface area contributed by atoms with Crippen LogP contribution in [0.3, 0.4) is 0 Å². The maximum absolute atomic E-state index is 6.00. The molecule has 0 atom stereocenters. The average Bonchev–Trinajstić information content (AvgIpc) is 2.93. The molecule has 1 fully saturated rings. The van der Waals surface area contributed by atoms with Gasteiger partial charge >= 0.3 is 0 Å². The third-order valence-corrected chi connectivity index (χ3v) is 2.97. The predicted molar refractivity (Wildman–Crippen MR) is 57.1 cm³/mol. The van der Waals surface area contributed by atoms with Crippen LogP contribution in [0, 0.1) is 0 Å². The number of nitrogen functional groups attached to an aromatic ring is 1. The summed E-state index contributed by atoms with van der Waals surface area (Å²) in [5.74, 6) is 0.703. The molecule has 1 heterocycles. The zero-order valence-corrected chi connectivity index (χ0v) is 8.20. The van der Waals surface area contributed by atoms with Crippen LogP contribution in [0.15, 0.2) is 18.3 Å². The summed E-state index contributed by atoms with van der Waals surface area (Å²) in [6.45, 7) is 0. The van der Waals surface area contributed by atoms with Crippen LogP contribution >= 0.6 is 0 Å². The van der Waals surface area contributed by atoms with Crippen molar-refractivity contribution in [2.75, 3.05) is 5.73 Å². The van der Waals surface area contributed by atoms with Crippen LogP contribution in [0.25, 0.3) is 10.9 Å². The predicted octanol–water partition coefficient (Wildman–Crippen LogP) is 2.03. The van der Waals surface area contributed by atoms with Crippen molar-refractivity contribution in [1.29, 1.82) is 0 Å². The number of anilines is 1. The van der Waals surface area contributed by atoms with Gasteiger partial charge in [0.15, 0.2) is 0 Å². The molecule has 72 valence electrons. The van der Waals surface area contributed by atoms with Crippen molar-refractivity contribution in [2.45, 2.75) is 18.8 Å². The summed E-state index contributed by atoms with van der Waals surface area (Å²) in [5.41, 5.74) is 9.41. The summed E-state index contributed by atoms with van der Waals surface area (Å²) < 4.78 is 1.90. The van der Waals surface area contributed by atoms with E-state index in [1.807, 2.05) is 24.0 Å². The Morgan fingerprint density at radius 2 is 2.21 bits per heavy atom. The molecule has 0 spiro atoms. The number of fused-ring (bicyclic) bond motifs is 1. The largest absolute Gasteiger partial charge is 0.398 e. The molecule has 3 nitrogen and oxygen atoms in total. The molecule has 1 aromatic heterocycles. The number of rotatable bonds is 1. The summed E-state index contributed by atoms with van der Waals surface area (Å²) in [4.78, 5) is 0. The quantitative estimate of drug-likeness (QED) is 0.694. The van der Waals surface area contributed by atoms with E-state index in [0.29, 0.717) is 5.92 Å². The van der Waals surface area contributed by atoms with Crippen LogP contribution in [0.4, 0.5) is 5.69 Å². The van der Waals surface area contributed by atoms with Crippen LogP contribution < -0.4 is 5.73 Å². The number of nitrogens with two attached hydrogens (primary N) is 1. The third kappa shape index (κ3) is 1.02. The van der Waals surface area contributed by atoms with E-state index in [1.165, 1.54) is 23.9 Å². The molecule has 0 radical (unpaired) electrons. The van der Waals surface area contributed by atoms with Crippen LogP contribution in [0.5, 0.6) is 0 Å². The molecular weight excluding hydrogens is 174 g/mol. The Kier molecular flexibility index (Phi) is 1.40. The fourth-order valence-electron chi connectivity index (χ4n) is 1.98. The minimum Gasteiger partial charge on any atom is -0.398 e. The van der Waals surface area contributed by atoms with E-state index < -0.39 is 0 Å². The standard InChI is InChI=1S/C11H13N3/c1-14-11-5-9(7-2-3-7)10(12)4-8(11)6-13-14/h4-7H,2-3,12H2,1H3. The van der Waals surface area contributed by atoms with Crippen LogP contribution in [-0.4, -0.2) is 9.78 Å². The molecule has 0 saturated heterocycles. The van der Waals surface area contributed by atoms with Gasteiger partial charge in [0, 0.05) is 18.1 Å². The molecule has 1 saturated carbocycles. The highest BCUT2D eigenvalue weighted by atomic mass is 15.2. The normalized spacial score (nSPS) is 16.4. The smallest absolute Gasteiger partial charge is 0.0683 e. The van der Waals surface area contributed by atoms with Crippen LogP contribution in [0.1, 0.15) is 24.3 Å². The number of nitrogens with zero attached hydrogens (tertiary/aromatic N) is 2. The highest BCUT2D eigenvalue weighted by Crippen LogP contribution is 2.43. The molecule has 0 bridgehead atoms. The van der Waals surface area contributed by atoms with Crippen molar-refractivity contribution in [1.82, 2.24) is 9.78 Å². The van der Waals surface area contributed by atoms with Crippen molar-refractivity contribution < 1.29 is 0 Å². The Labute approximate surface area is 82.5 Å². The van der Waals surface area contributed by atoms with Crippen molar-refractivity contribution >= 4 is 16.6 Å². The second kappa shape index (κ2) is 2.50. The molecule has 14 heavy (non-hydrogen) atoms. The summed E-state index contributed by atoms with van der Waals surface area (Å²) in [7, 11) is 1.97. The molecule has 0 aliphatic heterocycles. The summed E-state index contributed by atoms with van der Waals surface area (Å²) in [5, 5.41) is 5.35. The van der Waals surface area contributed by atoms with Crippen molar-refractivity contribution in [3.63, 3.8) is 0 Å². The maximum Gasteiger partial charge on any atom is 0.0683 e. The molecule has 0 amide bonds. The summed E-state index contributed by atoms with van der Waals surface area (Å²) in [6, 6.07) is 4.23. The Morgan fingerprint density at radius 1 is 1.43 bits per heavy atom. The zero-order chi connectivity index (χ0) is 9.71. The highest BCUT2D eigenvalue weighted by Gasteiger charge is 2.26. The number of benzene rings is 1. The topological polar surface area (TPSA) is 43.8 Å². The molecule has 3 rings (SSSR count). The zero-order valence-electron chi connectivity index (χ0n) is 8.20. The van der Waals surface area contributed by atoms with Gasteiger partial charge in [0.25, 0.3) is 0 Å². The first kappa shape index (κ1) is 7.85. The van der Waals surface area contributed by atoms with Crippen LogP contribution in [-0.2, 0) is 7.05 Å². The lowest BCUT2D eigenvalue weighted by molar-refractivity contribution is 0.796. The fraction of sp³-hybridized carbons (Fsp3) is 0.364. The maximum atomic E-state index is 6.00. The molecule has 1 aliphatic rings. The van der Waals surface area contributed by atoms with Gasteiger partial charge in [-0.25, -0.2) is 0 Å². The monoisotopic (exact) mass is 187 g/mol. The van der Waals surface area contributed by atoms with Gasteiger partial charge in [-0.1, -0.05) is 0 Å². The van der Waals surface area contributed by atoms with E-state index in [2.05, 4.69) is 11.2 Å². The number of aromatic nitrogens is 2. The molecular formula is C11H13N3. The minimum atomic E-state index is 0.703. The summed E-state index contributed by atoms with van der Waals surface area (Å²) in [6.07, 6.45) is 4.43. The Morgan fingerprint density at radius 3 is 2.93 bits per heavy atom. The lowest BCUT2D eigenvalue weighted by Crippen LogP contribution is -1.94. The first-order valence-corrected chi connectivity index (χ1v) is 4.97. The van der Waals surface area contributed by atoms with E-state index in [-0.39, 0.29) is 0 Å². The average molecular weight is 187 g/mol. The number of hydrogen-bond donors (Lipinski definition) is 1. The van der Waals surface area contributed by atoms with Gasteiger partial charge in [0.2, 0.25) is 0 Å². The van der Waals surface area contributed by atoms with Crippen molar-refractivity contribution in [3.8, 4) is 0 Å². The van der Waals surface area contributed by atoms with Crippen molar-refractivity contribution in [2.24, 2.45) is 7.05 Å². The lowest BCUT2D eigenvalue weighted by Gasteiger charge is -2.04. The SMILES string of the molecule is Cn1ncc2cc(N)c(C3CC3)cc21. The number of aryl methyl sites for hydroxylation is 1. The molecule has 0 unspecified atom stereocenters. The van der Waals surface area contributed by atoms with Gasteiger partial charge in [-0.15, -0.1) is 0 Å². The molecule has 1 aromatic carbocycles. The lowest BCUT2D eigenvalue weighted by atomic mass is 10.1. The Hall–Kier alpha value is -1.51. The summed E-state index contributed by atoms with van der Waals surface area (Å²) >= 11 is 0. The van der Waals surface area contributed by atoms with Gasteiger partial charge in [0.05, 0.1) is 11.7 Å². The molecule has 1 aliphatic carbocycles. The van der Waals surface area contributed by atoms with Crippen LogP contribution in [0.2, 0.25) is 0 Å². The number of hydrogen-bond acceptors (Lipinski definition) is 2. The van der Waals surface area contributed by atoms with E-state index in [4.69, 9.17) is 5.73 Å². The molecule has 2 N–H and O–H groups in total. The third-order valence-electron chi connectivity index (χ3n) is 2.97. The van der Waals surface area contributed by atoms with Gasteiger partial charge in [-0.05, 0) is 36.5 Å². The minimum absolute atomic E-state index is 0.703. The molecule has 2 aromatic rings. The first-order chi connectivity index (χ1) is 6.75. The first-order valence-electron chi connectivity index (χ1n) is 4.97. The van der Waals surface area contributed by atoms with Gasteiger partial charge in [-0.3, -0.25) is 4.68 Å². The molecule has 3 heteroatoms. The van der Waals surface area contributed by atoms with Gasteiger partial charge in [-0.2, -0.15) is 5.10 Å². The highest BCUT2D eigenvalue weighted by molar-refractivity contribution is 5.84. The van der Waals surface area contributed by atoms with E-state index in [1.54, 1.807) is 0 Å². The second-order valence-corrected chi connectivity index (χ2v) is 4.08. The Balaban J connectivity index is 2.29.